The molecule has 0 aliphatic rings. The van der Waals surface area contributed by atoms with Gasteiger partial charge in [0.15, 0.2) is 11.5 Å². The van der Waals surface area contributed by atoms with Gasteiger partial charge in [-0.15, -0.1) is 0 Å². The molecule has 0 heterocycles. The topological polar surface area (TPSA) is 98.9 Å². The van der Waals surface area contributed by atoms with Crippen molar-refractivity contribution in [2.24, 2.45) is 11.7 Å². The summed E-state index contributed by atoms with van der Waals surface area (Å²) in [6.07, 6.45) is 0. The van der Waals surface area contributed by atoms with Crippen molar-refractivity contribution in [3.8, 4) is 28.4 Å². The first-order valence-electron chi connectivity index (χ1n) is 9.88. The molecule has 31 heavy (non-hydrogen) atoms. The van der Waals surface area contributed by atoms with Gasteiger partial charge in [0.05, 0.1) is 18.9 Å². The number of hydrogen-bond acceptors (Lipinski definition) is 5. The van der Waals surface area contributed by atoms with E-state index in [0.717, 1.165) is 11.1 Å². The SMILES string of the molecule is COc1cc(C(C(N)=O)c2cccc(-c3ccc(OC(=O)C(C)C)cc3)c2)ccc1O. The minimum atomic E-state index is -0.708. The fourth-order valence-corrected chi connectivity index (χ4v) is 3.24. The molecule has 1 atom stereocenters. The number of benzene rings is 3. The number of phenols is 1. The van der Waals surface area contributed by atoms with Crippen molar-refractivity contribution in [2.45, 2.75) is 19.8 Å². The fourth-order valence-electron chi connectivity index (χ4n) is 3.24. The highest BCUT2D eigenvalue weighted by Crippen LogP contribution is 2.34. The average molecular weight is 419 g/mol. The number of carbonyl (C=O) groups is 2. The Morgan fingerprint density at radius 1 is 0.903 bits per heavy atom. The van der Waals surface area contributed by atoms with Gasteiger partial charge < -0.3 is 20.3 Å². The summed E-state index contributed by atoms with van der Waals surface area (Å²) in [6.45, 7) is 3.56. The van der Waals surface area contributed by atoms with Crippen molar-refractivity contribution in [1.82, 2.24) is 0 Å². The molecule has 6 nitrogen and oxygen atoms in total. The minimum Gasteiger partial charge on any atom is -0.504 e. The number of nitrogens with two attached hydrogens (primary N) is 1. The number of methoxy groups -OCH3 is 1. The van der Waals surface area contributed by atoms with Crippen LogP contribution in [0.2, 0.25) is 0 Å². The zero-order chi connectivity index (χ0) is 22.5. The first-order valence-corrected chi connectivity index (χ1v) is 9.88. The van der Waals surface area contributed by atoms with Crippen LogP contribution in [-0.2, 0) is 9.59 Å². The van der Waals surface area contributed by atoms with E-state index in [0.29, 0.717) is 16.9 Å². The molecular weight excluding hydrogens is 394 g/mol. The van der Waals surface area contributed by atoms with E-state index in [1.54, 1.807) is 38.1 Å². The molecule has 0 radical (unpaired) electrons. The van der Waals surface area contributed by atoms with Crippen LogP contribution in [0.4, 0.5) is 0 Å². The summed E-state index contributed by atoms with van der Waals surface area (Å²) in [5.41, 5.74) is 8.84. The Labute approximate surface area is 181 Å². The standard InChI is InChI=1S/C25H25NO5/c1-15(2)25(29)31-20-10-7-16(8-11-20)17-5-4-6-18(13-17)23(24(26)28)19-9-12-21(27)22(14-19)30-3/h4-15,23,27H,1-3H3,(H2,26,28). The van der Waals surface area contributed by atoms with Crippen LogP contribution in [0.1, 0.15) is 30.9 Å². The average Bonchev–Trinajstić information content (AvgIpc) is 2.75. The summed E-state index contributed by atoms with van der Waals surface area (Å²) >= 11 is 0. The third kappa shape index (κ3) is 5.04. The second-order valence-corrected chi connectivity index (χ2v) is 7.49. The van der Waals surface area contributed by atoms with Crippen LogP contribution in [0.15, 0.2) is 66.7 Å². The number of amides is 1. The third-order valence-corrected chi connectivity index (χ3v) is 4.92. The van der Waals surface area contributed by atoms with E-state index in [2.05, 4.69) is 0 Å². The molecule has 1 unspecified atom stereocenters. The molecule has 0 saturated carbocycles. The van der Waals surface area contributed by atoms with Gasteiger partial charge in [-0.05, 0) is 46.5 Å². The summed E-state index contributed by atoms with van der Waals surface area (Å²) in [7, 11) is 1.45. The maximum absolute atomic E-state index is 12.3. The zero-order valence-corrected chi connectivity index (χ0v) is 17.7. The van der Waals surface area contributed by atoms with Crippen molar-refractivity contribution < 1.29 is 24.2 Å². The number of esters is 1. The summed E-state index contributed by atoms with van der Waals surface area (Å²) < 4.78 is 10.5. The molecule has 3 aromatic carbocycles. The fraction of sp³-hybridized carbons (Fsp3) is 0.200. The largest absolute Gasteiger partial charge is 0.504 e. The van der Waals surface area contributed by atoms with Gasteiger partial charge in [0.2, 0.25) is 5.91 Å². The maximum Gasteiger partial charge on any atom is 0.313 e. The smallest absolute Gasteiger partial charge is 0.313 e. The van der Waals surface area contributed by atoms with Gasteiger partial charge >= 0.3 is 5.97 Å². The minimum absolute atomic E-state index is 0.0125. The number of ether oxygens (including phenoxy) is 2. The Kier molecular flexibility index (Phi) is 6.60. The van der Waals surface area contributed by atoms with E-state index in [1.165, 1.54) is 13.2 Å². The lowest BCUT2D eigenvalue weighted by Crippen LogP contribution is -2.22. The van der Waals surface area contributed by atoms with Gasteiger partial charge in [-0.3, -0.25) is 9.59 Å². The lowest BCUT2D eigenvalue weighted by Gasteiger charge is -2.17. The van der Waals surface area contributed by atoms with Crippen LogP contribution >= 0.6 is 0 Å². The molecule has 0 aliphatic heterocycles. The van der Waals surface area contributed by atoms with Gasteiger partial charge in [-0.1, -0.05) is 56.3 Å². The molecule has 0 aliphatic carbocycles. The van der Waals surface area contributed by atoms with Gasteiger partial charge in [-0.2, -0.15) is 0 Å². The Balaban J connectivity index is 1.92. The predicted molar refractivity (Wildman–Crippen MR) is 118 cm³/mol. The van der Waals surface area contributed by atoms with E-state index in [9.17, 15) is 14.7 Å². The molecule has 0 bridgehead atoms. The van der Waals surface area contributed by atoms with Crippen LogP contribution in [0.25, 0.3) is 11.1 Å². The Hall–Kier alpha value is -3.80. The van der Waals surface area contributed by atoms with E-state index < -0.39 is 11.8 Å². The van der Waals surface area contributed by atoms with Crippen LogP contribution in [0, 0.1) is 5.92 Å². The number of aromatic hydroxyl groups is 1. The highest BCUT2D eigenvalue weighted by Gasteiger charge is 2.22. The molecule has 3 aromatic rings. The molecule has 1 amide bonds. The van der Waals surface area contributed by atoms with Crippen molar-refractivity contribution in [2.75, 3.05) is 7.11 Å². The molecule has 0 saturated heterocycles. The monoisotopic (exact) mass is 419 g/mol. The highest BCUT2D eigenvalue weighted by molar-refractivity contribution is 5.86. The van der Waals surface area contributed by atoms with E-state index >= 15 is 0 Å². The first kappa shape index (κ1) is 21.9. The molecule has 0 aromatic heterocycles. The second-order valence-electron chi connectivity index (χ2n) is 7.49. The first-order chi connectivity index (χ1) is 14.8. The summed E-state index contributed by atoms with van der Waals surface area (Å²) in [4.78, 5) is 24.1. The number of primary amides is 1. The summed E-state index contributed by atoms with van der Waals surface area (Å²) in [5.74, 6) is -0.983. The molecule has 0 fully saturated rings. The van der Waals surface area contributed by atoms with Crippen LogP contribution in [0.5, 0.6) is 17.2 Å². The molecule has 3 N–H and O–H groups in total. The van der Waals surface area contributed by atoms with E-state index in [4.69, 9.17) is 15.2 Å². The second kappa shape index (κ2) is 9.34. The Morgan fingerprint density at radius 3 is 2.19 bits per heavy atom. The number of phenolic OH excluding ortho intramolecular Hbond substituents is 1. The lowest BCUT2D eigenvalue weighted by atomic mass is 9.88. The predicted octanol–water partition coefficient (Wildman–Crippen LogP) is 4.25. The molecule has 160 valence electrons. The summed E-state index contributed by atoms with van der Waals surface area (Å²) in [5, 5.41) is 9.85. The van der Waals surface area contributed by atoms with Gasteiger partial charge in [0.1, 0.15) is 5.75 Å². The molecule has 0 spiro atoms. The number of hydrogen-bond donors (Lipinski definition) is 2. The van der Waals surface area contributed by atoms with Gasteiger partial charge in [-0.25, -0.2) is 0 Å². The van der Waals surface area contributed by atoms with Crippen molar-refractivity contribution >= 4 is 11.9 Å². The number of carbonyl (C=O) groups excluding carboxylic acids is 2. The number of rotatable bonds is 7. The van der Waals surface area contributed by atoms with Crippen LogP contribution in [-0.4, -0.2) is 24.1 Å². The zero-order valence-electron chi connectivity index (χ0n) is 17.7. The van der Waals surface area contributed by atoms with Crippen LogP contribution in [0.3, 0.4) is 0 Å². The lowest BCUT2D eigenvalue weighted by molar-refractivity contribution is -0.137. The Bertz CT molecular complexity index is 1090. The third-order valence-electron chi connectivity index (χ3n) is 4.92. The van der Waals surface area contributed by atoms with E-state index in [-0.39, 0.29) is 23.4 Å². The quantitative estimate of drug-likeness (QED) is 0.441. The van der Waals surface area contributed by atoms with Gasteiger partial charge in [0.25, 0.3) is 0 Å². The van der Waals surface area contributed by atoms with Crippen LogP contribution < -0.4 is 15.2 Å². The normalized spacial score (nSPS) is 11.7. The Morgan fingerprint density at radius 2 is 1.58 bits per heavy atom. The molecule has 6 heteroatoms. The van der Waals surface area contributed by atoms with Crippen molar-refractivity contribution in [3.63, 3.8) is 0 Å². The molecular formula is C25H25NO5. The van der Waals surface area contributed by atoms with Gasteiger partial charge in [0, 0.05) is 0 Å². The van der Waals surface area contributed by atoms with Crippen molar-refractivity contribution in [1.29, 1.82) is 0 Å². The molecule has 3 rings (SSSR count). The summed E-state index contributed by atoms with van der Waals surface area (Å²) in [6, 6.07) is 19.4. The van der Waals surface area contributed by atoms with Crippen molar-refractivity contribution in [3.05, 3.63) is 77.9 Å². The maximum atomic E-state index is 12.3. The van der Waals surface area contributed by atoms with E-state index in [1.807, 2.05) is 36.4 Å². The highest BCUT2D eigenvalue weighted by atomic mass is 16.5.